The van der Waals surface area contributed by atoms with Gasteiger partial charge in [-0.15, -0.1) is 11.3 Å². The van der Waals surface area contributed by atoms with E-state index in [2.05, 4.69) is 12.1 Å². The number of amides is 1. The Bertz CT molecular complexity index is 762. The average molecular weight is 403 g/mol. The van der Waals surface area contributed by atoms with Gasteiger partial charge in [0.15, 0.2) is 0 Å². The monoisotopic (exact) mass is 402 g/mol. The van der Waals surface area contributed by atoms with Crippen molar-refractivity contribution in [2.24, 2.45) is 0 Å². The van der Waals surface area contributed by atoms with Crippen LogP contribution in [-0.4, -0.2) is 39.8 Å². The average Bonchev–Trinajstić information content (AvgIpc) is 3.16. The highest BCUT2D eigenvalue weighted by Gasteiger charge is 2.29. The van der Waals surface area contributed by atoms with E-state index in [1.54, 1.807) is 16.2 Å². The number of hydrogen-bond acceptors (Lipinski definition) is 5. The Hall–Kier alpha value is -1.92. The van der Waals surface area contributed by atoms with Crippen molar-refractivity contribution in [3.63, 3.8) is 0 Å². The van der Waals surface area contributed by atoms with Gasteiger partial charge < -0.3 is 14.7 Å². The second-order valence-electron chi connectivity index (χ2n) is 8.39. The molecule has 1 amide bonds. The van der Waals surface area contributed by atoms with Crippen molar-refractivity contribution in [1.29, 1.82) is 0 Å². The van der Waals surface area contributed by atoms with Crippen LogP contribution in [0.5, 0.6) is 0 Å². The Morgan fingerprint density at radius 1 is 1.29 bits per heavy atom. The standard InChI is InChI=1S/C22H30N2O3S/c1-22(2,3)27-21(26)24-13-11-17(12-14-24)20-23-18(15-28-20)19(25)10-9-16-7-5-4-6-8-16/h4-8,15,17,19,25H,9-14H2,1-3H3. The number of aryl methyl sites for hydroxylation is 1. The molecule has 0 radical (unpaired) electrons. The third-order valence-corrected chi connectivity index (χ3v) is 5.95. The molecule has 1 atom stereocenters. The number of nitrogens with zero attached hydrogens (tertiary/aromatic N) is 2. The van der Waals surface area contributed by atoms with E-state index in [0.29, 0.717) is 25.4 Å². The molecule has 28 heavy (non-hydrogen) atoms. The van der Waals surface area contributed by atoms with Crippen molar-refractivity contribution in [3.8, 4) is 0 Å². The van der Waals surface area contributed by atoms with Crippen LogP contribution in [0.15, 0.2) is 35.7 Å². The molecule has 1 aromatic heterocycles. The summed E-state index contributed by atoms with van der Waals surface area (Å²) < 4.78 is 5.46. The summed E-state index contributed by atoms with van der Waals surface area (Å²) in [7, 11) is 0. The van der Waals surface area contributed by atoms with Crippen LogP contribution >= 0.6 is 11.3 Å². The minimum atomic E-state index is -0.535. The van der Waals surface area contributed by atoms with Crippen molar-refractivity contribution >= 4 is 17.4 Å². The number of hydrogen-bond donors (Lipinski definition) is 1. The largest absolute Gasteiger partial charge is 0.444 e. The third-order valence-electron chi connectivity index (χ3n) is 4.93. The predicted octanol–water partition coefficient (Wildman–Crippen LogP) is 4.92. The summed E-state index contributed by atoms with van der Waals surface area (Å²) >= 11 is 1.62. The fourth-order valence-corrected chi connectivity index (χ4v) is 4.41. The highest BCUT2D eigenvalue weighted by molar-refractivity contribution is 7.09. The number of benzene rings is 1. The van der Waals surface area contributed by atoms with Gasteiger partial charge in [-0.05, 0) is 52.0 Å². The van der Waals surface area contributed by atoms with Crippen LogP contribution < -0.4 is 0 Å². The van der Waals surface area contributed by atoms with Crippen molar-refractivity contribution in [3.05, 3.63) is 52.0 Å². The fraction of sp³-hybridized carbons (Fsp3) is 0.545. The predicted molar refractivity (Wildman–Crippen MR) is 112 cm³/mol. The first-order chi connectivity index (χ1) is 13.3. The molecule has 1 N–H and O–H groups in total. The molecule has 1 aromatic carbocycles. The molecule has 152 valence electrons. The molecule has 2 aromatic rings. The Morgan fingerprint density at radius 2 is 1.96 bits per heavy atom. The van der Waals surface area contributed by atoms with Crippen LogP contribution in [0.1, 0.15) is 68.3 Å². The van der Waals surface area contributed by atoms with E-state index in [9.17, 15) is 9.90 Å². The smallest absolute Gasteiger partial charge is 0.410 e. The Morgan fingerprint density at radius 3 is 2.61 bits per heavy atom. The van der Waals surface area contributed by atoms with Gasteiger partial charge in [-0.25, -0.2) is 9.78 Å². The maximum absolute atomic E-state index is 12.2. The van der Waals surface area contributed by atoms with Gasteiger partial charge in [0.25, 0.3) is 0 Å². The number of aliphatic hydroxyl groups is 1. The highest BCUT2D eigenvalue weighted by Crippen LogP contribution is 2.32. The van der Waals surface area contributed by atoms with Crippen LogP contribution in [0.3, 0.4) is 0 Å². The van der Waals surface area contributed by atoms with Gasteiger partial charge in [0.05, 0.1) is 16.8 Å². The number of likely N-dealkylation sites (tertiary alicyclic amines) is 1. The first-order valence-corrected chi connectivity index (χ1v) is 10.8. The van der Waals surface area contributed by atoms with Gasteiger partial charge in [0, 0.05) is 24.4 Å². The quantitative estimate of drug-likeness (QED) is 0.771. The maximum atomic E-state index is 12.2. The lowest BCUT2D eigenvalue weighted by Gasteiger charge is -2.32. The summed E-state index contributed by atoms with van der Waals surface area (Å²) in [5.74, 6) is 0.346. The van der Waals surface area contributed by atoms with E-state index >= 15 is 0 Å². The molecular weight excluding hydrogens is 372 g/mol. The zero-order valence-electron chi connectivity index (χ0n) is 16.9. The summed E-state index contributed by atoms with van der Waals surface area (Å²) in [5.41, 5.74) is 1.53. The molecule has 0 saturated carbocycles. The second kappa shape index (κ2) is 9.05. The van der Waals surface area contributed by atoms with Crippen LogP contribution in [-0.2, 0) is 11.2 Å². The molecule has 2 heterocycles. The van der Waals surface area contributed by atoms with Crippen LogP contribution in [0, 0.1) is 0 Å². The van der Waals surface area contributed by atoms with Crippen LogP contribution in [0.2, 0.25) is 0 Å². The van der Waals surface area contributed by atoms with Crippen molar-refractivity contribution in [2.45, 2.75) is 64.1 Å². The van der Waals surface area contributed by atoms with E-state index in [4.69, 9.17) is 9.72 Å². The molecule has 1 fully saturated rings. The van der Waals surface area contributed by atoms with E-state index in [0.717, 1.165) is 30.0 Å². The molecule has 0 bridgehead atoms. The third kappa shape index (κ3) is 5.79. The first-order valence-electron chi connectivity index (χ1n) is 9.97. The normalized spacial score (nSPS) is 16.8. The van der Waals surface area contributed by atoms with Gasteiger partial charge in [0.2, 0.25) is 0 Å². The van der Waals surface area contributed by atoms with E-state index in [-0.39, 0.29) is 6.09 Å². The molecule has 3 rings (SSSR count). The summed E-state index contributed by atoms with van der Waals surface area (Å²) in [6, 6.07) is 10.2. The lowest BCUT2D eigenvalue weighted by molar-refractivity contribution is 0.0204. The minimum Gasteiger partial charge on any atom is -0.444 e. The molecule has 1 aliphatic heterocycles. The van der Waals surface area contributed by atoms with Crippen LogP contribution in [0.4, 0.5) is 4.79 Å². The first kappa shape index (κ1) is 20.8. The molecule has 1 aliphatic rings. The number of rotatable bonds is 5. The molecule has 6 heteroatoms. The van der Waals surface area contributed by atoms with E-state index in [1.165, 1.54) is 5.56 Å². The Labute approximate surface area is 171 Å². The second-order valence-corrected chi connectivity index (χ2v) is 9.28. The molecule has 0 aliphatic carbocycles. The van der Waals surface area contributed by atoms with Gasteiger partial charge >= 0.3 is 6.09 Å². The molecule has 0 spiro atoms. The maximum Gasteiger partial charge on any atom is 0.410 e. The number of carbonyl (C=O) groups is 1. The summed E-state index contributed by atoms with van der Waals surface area (Å²) in [6.45, 7) is 7.03. The van der Waals surface area contributed by atoms with E-state index < -0.39 is 11.7 Å². The molecule has 5 nitrogen and oxygen atoms in total. The highest BCUT2D eigenvalue weighted by atomic mass is 32.1. The fourth-order valence-electron chi connectivity index (χ4n) is 3.37. The van der Waals surface area contributed by atoms with Crippen molar-refractivity contribution in [2.75, 3.05) is 13.1 Å². The van der Waals surface area contributed by atoms with Crippen molar-refractivity contribution < 1.29 is 14.6 Å². The number of aliphatic hydroxyl groups excluding tert-OH is 1. The summed E-state index contributed by atoms with van der Waals surface area (Å²) in [5, 5.41) is 13.5. The number of aromatic nitrogens is 1. The van der Waals surface area contributed by atoms with Gasteiger partial charge in [-0.1, -0.05) is 30.3 Å². The van der Waals surface area contributed by atoms with E-state index in [1.807, 2.05) is 44.4 Å². The topological polar surface area (TPSA) is 62.7 Å². The van der Waals surface area contributed by atoms with Gasteiger partial charge in [-0.3, -0.25) is 0 Å². The summed E-state index contributed by atoms with van der Waals surface area (Å²) in [4.78, 5) is 18.7. The molecule has 1 unspecified atom stereocenters. The zero-order valence-corrected chi connectivity index (χ0v) is 17.7. The lowest BCUT2D eigenvalue weighted by Crippen LogP contribution is -2.41. The Balaban J connectivity index is 1.50. The number of ether oxygens (including phenoxy) is 1. The molecular formula is C22H30N2O3S. The Kier molecular flexibility index (Phi) is 6.73. The van der Waals surface area contributed by atoms with Crippen LogP contribution in [0.25, 0.3) is 0 Å². The lowest BCUT2D eigenvalue weighted by atomic mass is 9.98. The number of piperidine rings is 1. The minimum absolute atomic E-state index is 0.234. The zero-order chi connectivity index (χ0) is 20.1. The molecule has 1 saturated heterocycles. The van der Waals surface area contributed by atoms with Gasteiger partial charge in [0.1, 0.15) is 5.60 Å². The number of carbonyl (C=O) groups excluding carboxylic acids is 1. The van der Waals surface area contributed by atoms with Crippen molar-refractivity contribution in [1.82, 2.24) is 9.88 Å². The summed E-state index contributed by atoms with van der Waals surface area (Å²) in [6.07, 6.45) is 2.50. The SMILES string of the molecule is CC(C)(C)OC(=O)N1CCC(c2nc(C(O)CCc3ccccc3)cs2)CC1. The van der Waals surface area contributed by atoms with Gasteiger partial charge in [-0.2, -0.15) is 0 Å². The number of thiazole rings is 1.